The number of aliphatic hydroxyl groups is 1. The van der Waals surface area contributed by atoms with Gasteiger partial charge in [0.05, 0.1) is 12.0 Å². The first-order valence-corrected chi connectivity index (χ1v) is 8.34. The molecule has 1 spiro atoms. The highest BCUT2D eigenvalue weighted by Crippen LogP contribution is 2.63. The van der Waals surface area contributed by atoms with E-state index < -0.39 is 0 Å². The number of hydrogen-bond acceptors (Lipinski definition) is 3. The van der Waals surface area contributed by atoms with Crippen LogP contribution in [0.2, 0.25) is 0 Å². The zero-order chi connectivity index (χ0) is 14.9. The molecular weight excluding hydrogens is 272 g/mol. The van der Waals surface area contributed by atoms with Crippen molar-refractivity contribution in [2.45, 2.75) is 30.8 Å². The van der Waals surface area contributed by atoms with Gasteiger partial charge in [-0.3, -0.25) is 4.90 Å². The predicted octanol–water partition coefficient (Wildman–Crippen LogP) is 2.65. The van der Waals surface area contributed by atoms with Crippen molar-refractivity contribution >= 4 is 5.69 Å². The maximum atomic E-state index is 9.98. The van der Waals surface area contributed by atoms with Crippen LogP contribution in [0.25, 0.3) is 0 Å². The molecule has 3 aliphatic heterocycles. The standard InChI is InChI=1S/C19H22N2O/c1-2-13-11-21-8-7-18-9-14(12-22)15(13)10-19(18,21)20-17-6-4-3-5-16(17)18/h2-6,9,15,20,22H,7-8,10-12H2,1H3/b13-2+. The van der Waals surface area contributed by atoms with E-state index in [1.54, 1.807) is 0 Å². The van der Waals surface area contributed by atoms with Crippen LogP contribution in [0.5, 0.6) is 0 Å². The molecule has 22 heavy (non-hydrogen) atoms. The SMILES string of the molecule is C/C=C1\CN2CCC34C=C(CO)C1CC23Nc1ccccc14. The van der Waals surface area contributed by atoms with Crippen LogP contribution in [0.3, 0.4) is 0 Å². The van der Waals surface area contributed by atoms with Gasteiger partial charge in [-0.05, 0) is 37.0 Å². The molecular formula is C19H22N2O. The number of aliphatic hydroxyl groups excluding tert-OH is 1. The van der Waals surface area contributed by atoms with E-state index in [0.29, 0.717) is 5.92 Å². The molecule has 2 N–H and O–H groups in total. The van der Waals surface area contributed by atoms with Crippen LogP contribution in [0.1, 0.15) is 25.3 Å². The lowest BCUT2D eigenvalue weighted by atomic mass is 9.61. The molecule has 1 aromatic carbocycles. The number of nitrogens with one attached hydrogen (secondary N) is 1. The van der Waals surface area contributed by atoms with Crippen LogP contribution >= 0.6 is 0 Å². The highest BCUT2D eigenvalue weighted by molar-refractivity contribution is 5.69. The van der Waals surface area contributed by atoms with E-state index in [4.69, 9.17) is 0 Å². The Labute approximate surface area is 131 Å². The maximum Gasteiger partial charge on any atom is 0.105 e. The average molecular weight is 294 g/mol. The Morgan fingerprint density at radius 2 is 2.27 bits per heavy atom. The van der Waals surface area contributed by atoms with Crippen LogP contribution in [0.15, 0.2) is 47.6 Å². The summed E-state index contributed by atoms with van der Waals surface area (Å²) in [6.45, 7) is 4.47. The van der Waals surface area contributed by atoms with Crippen LogP contribution in [0, 0.1) is 5.92 Å². The van der Waals surface area contributed by atoms with E-state index in [0.717, 1.165) is 25.9 Å². The van der Waals surface area contributed by atoms with Crippen molar-refractivity contribution in [1.82, 2.24) is 4.90 Å². The van der Waals surface area contributed by atoms with Gasteiger partial charge in [0.25, 0.3) is 0 Å². The average Bonchev–Trinajstić information content (AvgIpc) is 3.03. The van der Waals surface area contributed by atoms with Crippen molar-refractivity contribution < 1.29 is 5.11 Å². The topological polar surface area (TPSA) is 35.5 Å². The number of hydrogen-bond donors (Lipinski definition) is 2. The monoisotopic (exact) mass is 294 g/mol. The summed E-state index contributed by atoms with van der Waals surface area (Å²) in [7, 11) is 0. The summed E-state index contributed by atoms with van der Waals surface area (Å²) in [4.78, 5) is 2.64. The minimum atomic E-state index is 0.0204. The smallest absolute Gasteiger partial charge is 0.105 e. The third-order valence-electron chi connectivity index (χ3n) is 6.56. The quantitative estimate of drug-likeness (QED) is 0.782. The minimum Gasteiger partial charge on any atom is -0.392 e. The molecule has 0 saturated carbocycles. The second-order valence-electron chi connectivity index (χ2n) is 7.17. The summed E-state index contributed by atoms with van der Waals surface area (Å²) < 4.78 is 0. The highest BCUT2D eigenvalue weighted by atomic mass is 16.3. The van der Waals surface area contributed by atoms with Gasteiger partial charge in [0, 0.05) is 24.7 Å². The number of benzene rings is 1. The van der Waals surface area contributed by atoms with Crippen LogP contribution in [-0.4, -0.2) is 35.4 Å². The van der Waals surface area contributed by atoms with Crippen molar-refractivity contribution in [3.05, 3.63) is 53.1 Å². The summed E-state index contributed by atoms with van der Waals surface area (Å²) in [5.74, 6) is 0.402. The first-order valence-electron chi connectivity index (χ1n) is 8.34. The van der Waals surface area contributed by atoms with Crippen LogP contribution in [-0.2, 0) is 5.41 Å². The van der Waals surface area contributed by atoms with Gasteiger partial charge < -0.3 is 10.4 Å². The van der Waals surface area contributed by atoms with Crippen molar-refractivity contribution in [3.8, 4) is 0 Å². The van der Waals surface area contributed by atoms with Gasteiger partial charge in [0.2, 0.25) is 0 Å². The van der Waals surface area contributed by atoms with Crippen molar-refractivity contribution in [2.24, 2.45) is 5.92 Å². The molecule has 4 aliphatic rings. The van der Waals surface area contributed by atoms with Gasteiger partial charge in [-0.25, -0.2) is 0 Å². The minimum absolute atomic E-state index is 0.0204. The number of para-hydroxylation sites is 1. The Balaban J connectivity index is 1.79. The Morgan fingerprint density at radius 3 is 3.09 bits per heavy atom. The molecule has 114 valence electrons. The number of nitrogens with zero attached hydrogens (tertiary/aromatic N) is 1. The number of anilines is 1. The third kappa shape index (κ3) is 1.23. The van der Waals surface area contributed by atoms with E-state index in [1.165, 1.54) is 22.4 Å². The zero-order valence-electron chi connectivity index (χ0n) is 13.0. The number of allylic oxidation sites excluding steroid dienone is 1. The van der Waals surface area contributed by atoms with Gasteiger partial charge in [0.15, 0.2) is 0 Å². The van der Waals surface area contributed by atoms with Crippen LogP contribution in [0.4, 0.5) is 5.69 Å². The van der Waals surface area contributed by atoms with E-state index in [-0.39, 0.29) is 17.7 Å². The second kappa shape index (κ2) is 4.03. The van der Waals surface area contributed by atoms with E-state index in [2.05, 4.69) is 53.6 Å². The molecule has 3 heteroatoms. The lowest BCUT2D eigenvalue weighted by molar-refractivity contribution is 0.0821. The molecule has 1 aromatic rings. The van der Waals surface area contributed by atoms with Crippen molar-refractivity contribution in [2.75, 3.05) is 25.0 Å². The summed E-state index contributed by atoms with van der Waals surface area (Å²) in [5.41, 5.74) is 5.46. The Morgan fingerprint density at radius 1 is 1.41 bits per heavy atom. The number of fused-ring (bicyclic) bond motifs is 2. The fraction of sp³-hybridized carbons (Fsp3) is 0.474. The van der Waals surface area contributed by atoms with Crippen molar-refractivity contribution in [3.63, 3.8) is 0 Å². The largest absolute Gasteiger partial charge is 0.392 e. The summed E-state index contributed by atoms with van der Waals surface area (Å²) >= 11 is 0. The van der Waals surface area contributed by atoms with Gasteiger partial charge >= 0.3 is 0 Å². The maximum absolute atomic E-state index is 9.98. The molecule has 2 fully saturated rings. The summed E-state index contributed by atoms with van der Waals surface area (Å²) in [6, 6.07) is 8.75. The Kier molecular flexibility index (Phi) is 2.37. The molecule has 3 unspecified atom stereocenters. The predicted molar refractivity (Wildman–Crippen MR) is 87.7 cm³/mol. The molecule has 5 rings (SSSR count). The summed E-state index contributed by atoms with van der Waals surface area (Å²) in [6.07, 6.45) is 6.90. The van der Waals surface area contributed by atoms with E-state index >= 15 is 0 Å². The molecule has 0 aromatic heterocycles. The molecule has 2 saturated heterocycles. The van der Waals surface area contributed by atoms with Gasteiger partial charge in [0.1, 0.15) is 5.66 Å². The molecule has 0 amide bonds. The fourth-order valence-corrected chi connectivity index (χ4v) is 5.58. The van der Waals surface area contributed by atoms with E-state index in [1.807, 2.05) is 0 Å². The third-order valence-corrected chi connectivity index (χ3v) is 6.56. The lowest BCUT2D eigenvalue weighted by Crippen LogP contribution is -2.63. The van der Waals surface area contributed by atoms with Crippen molar-refractivity contribution in [1.29, 1.82) is 0 Å². The first-order chi connectivity index (χ1) is 10.7. The molecule has 2 bridgehead atoms. The Bertz CT molecular complexity index is 722. The molecule has 3 nitrogen and oxygen atoms in total. The van der Waals surface area contributed by atoms with E-state index in [9.17, 15) is 5.11 Å². The lowest BCUT2D eigenvalue weighted by Gasteiger charge is -2.54. The molecule has 1 aliphatic carbocycles. The first kappa shape index (κ1) is 12.9. The molecule has 3 heterocycles. The highest BCUT2D eigenvalue weighted by Gasteiger charge is 2.67. The normalized spacial score (nSPS) is 40.2. The summed E-state index contributed by atoms with van der Waals surface area (Å²) in [5, 5.41) is 13.9. The molecule has 3 atom stereocenters. The fourth-order valence-electron chi connectivity index (χ4n) is 5.58. The Hall–Kier alpha value is -1.58. The zero-order valence-corrected chi connectivity index (χ0v) is 13.0. The van der Waals surface area contributed by atoms with Gasteiger partial charge in [-0.2, -0.15) is 0 Å². The second-order valence-corrected chi connectivity index (χ2v) is 7.17. The van der Waals surface area contributed by atoms with Gasteiger partial charge in [-0.1, -0.05) is 35.9 Å². The van der Waals surface area contributed by atoms with Crippen LogP contribution < -0.4 is 5.32 Å². The molecule has 0 radical (unpaired) electrons. The number of piperidine rings is 1. The van der Waals surface area contributed by atoms with Gasteiger partial charge in [-0.15, -0.1) is 0 Å². The number of rotatable bonds is 1.